The van der Waals surface area contributed by atoms with E-state index in [9.17, 15) is 0 Å². The first-order chi connectivity index (χ1) is 9.53. The highest BCUT2D eigenvalue weighted by atomic mass is 16.9. The summed E-state index contributed by atoms with van der Waals surface area (Å²) in [6, 6.07) is 10.2. The van der Waals surface area contributed by atoms with E-state index in [4.69, 9.17) is 20.6 Å². The zero-order valence-corrected chi connectivity index (χ0v) is 12.0. The van der Waals surface area contributed by atoms with Crippen molar-refractivity contribution in [1.82, 2.24) is 0 Å². The molecule has 0 spiro atoms. The summed E-state index contributed by atoms with van der Waals surface area (Å²) < 4.78 is 16.8. The van der Waals surface area contributed by atoms with Gasteiger partial charge in [-0.1, -0.05) is 36.9 Å². The lowest BCUT2D eigenvalue weighted by Gasteiger charge is -2.27. The van der Waals surface area contributed by atoms with Gasteiger partial charge in [0.2, 0.25) is 0 Å². The van der Waals surface area contributed by atoms with E-state index in [0.717, 1.165) is 6.42 Å². The van der Waals surface area contributed by atoms with Crippen LogP contribution in [0.15, 0.2) is 42.7 Å². The predicted molar refractivity (Wildman–Crippen MR) is 77.7 cm³/mol. The minimum atomic E-state index is -1.11. The lowest BCUT2D eigenvalue weighted by molar-refractivity contribution is -0.321. The summed E-state index contributed by atoms with van der Waals surface area (Å²) in [6.07, 6.45) is 7.45. The van der Waals surface area contributed by atoms with Crippen molar-refractivity contribution in [2.24, 2.45) is 0 Å². The molecule has 0 aliphatic carbocycles. The van der Waals surface area contributed by atoms with E-state index in [1.165, 1.54) is 12.7 Å². The fourth-order valence-corrected chi connectivity index (χ4v) is 2.40. The van der Waals surface area contributed by atoms with E-state index in [-0.39, 0.29) is 0 Å². The lowest BCUT2D eigenvalue weighted by atomic mass is 9.90. The quantitative estimate of drug-likeness (QED) is 0.770. The van der Waals surface area contributed by atoms with Crippen molar-refractivity contribution < 1.29 is 14.2 Å². The van der Waals surface area contributed by atoms with Gasteiger partial charge in [0.05, 0.1) is 0 Å². The van der Waals surface area contributed by atoms with E-state index < -0.39 is 11.6 Å². The number of aryl methyl sites for hydroxylation is 1. The molecule has 0 amide bonds. The Morgan fingerprint density at radius 1 is 1.35 bits per heavy atom. The predicted octanol–water partition coefficient (Wildman–Crippen LogP) is 3.26. The number of methoxy groups -OCH3 is 1. The van der Waals surface area contributed by atoms with Gasteiger partial charge in [0.15, 0.2) is 0 Å². The van der Waals surface area contributed by atoms with Gasteiger partial charge in [0.1, 0.15) is 11.4 Å². The number of hydrogen-bond acceptors (Lipinski definition) is 3. The molecule has 3 heteroatoms. The van der Waals surface area contributed by atoms with Crippen LogP contribution in [0.3, 0.4) is 0 Å². The Morgan fingerprint density at radius 2 is 2.05 bits per heavy atom. The standard InChI is InChI=1S/C17H20O3/c1-5-12-17(13-11-15-9-7-6-8-10-15)14(2)19-16(3,18-4)20-17/h1,6-10H,2,11-13H2,3-4H3. The summed E-state index contributed by atoms with van der Waals surface area (Å²) in [5, 5.41) is 0. The molecule has 1 aromatic carbocycles. The van der Waals surface area contributed by atoms with Crippen molar-refractivity contribution in [3.63, 3.8) is 0 Å². The van der Waals surface area contributed by atoms with Crippen LogP contribution in [-0.4, -0.2) is 18.7 Å². The maximum absolute atomic E-state index is 5.97. The van der Waals surface area contributed by atoms with Crippen LogP contribution in [0.25, 0.3) is 0 Å². The summed E-state index contributed by atoms with van der Waals surface area (Å²) in [5.74, 6) is 2.09. The summed E-state index contributed by atoms with van der Waals surface area (Å²) in [5.41, 5.74) is 0.543. The topological polar surface area (TPSA) is 27.7 Å². The van der Waals surface area contributed by atoms with Crippen molar-refractivity contribution in [3.8, 4) is 12.3 Å². The monoisotopic (exact) mass is 272 g/mol. The number of ether oxygens (including phenoxy) is 3. The van der Waals surface area contributed by atoms with Gasteiger partial charge in [0, 0.05) is 20.5 Å². The molecular weight excluding hydrogens is 252 g/mol. The van der Waals surface area contributed by atoms with Crippen LogP contribution < -0.4 is 0 Å². The Balaban J connectivity index is 2.15. The van der Waals surface area contributed by atoms with Gasteiger partial charge in [-0.25, -0.2) is 0 Å². The van der Waals surface area contributed by atoms with Crippen molar-refractivity contribution in [3.05, 3.63) is 48.2 Å². The third-order valence-electron chi connectivity index (χ3n) is 3.62. The molecule has 0 saturated carbocycles. The molecule has 2 atom stereocenters. The van der Waals surface area contributed by atoms with Crippen LogP contribution in [0.1, 0.15) is 25.3 Å². The van der Waals surface area contributed by atoms with Crippen molar-refractivity contribution in [2.75, 3.05) is 7.11 Å². The molecule has 1 saturated heterocycles. The molecular formula is C17H20O3. The smallest absolute Gasteiger partial charge is 0.324 e. The zero-order valence-electron chi connectivity index (χ0n) is 12.0. The van der Waals surface area contributed by atoms with Gasteiger partial charge in [-0.05, 0) is 18.4 Å². The first-order valence-electron chi connectivity index (χ1n) is 6.65. The van der Waals surface area contributed by atoms with Crippen LogP contribution in [0, 0.1) is 12.3 Å². The molecule has 0 N–H and O–H groups in total. The van der Waals surface area contributed by atoms with Crippen LogP contribution >= 0.6 is 0 Å². The molecule has 0 aromatic heterocycles. The van der Waals surface area contributed by atoms with Gasteiger partial charge in [-0.15, -0.1) is 12.3 Å². The molecule has 20 heavy (non-hydrogen) atoms. The third-order valence-corrected chi connectivity index (χ3v) is 3.62. The van der Waals surface area contributed by atoms with Crippen molar-refractivity contribution in [2.45, 2.75) is 37.8 Å². The van der Waals surface area contributed by atoms with E-state index in [2.05, 4.69) is 24.6 Å². The minimum Gasteiger partial charge on any atom is -0.441 e. The van der Waals surface area contributed by atoms with Crippen LogP contribution in [0.2, 0.25) is 0 Å². The molecule has 2 unspecified atom stereocenters. The van der Waals surface area contributed by atoms with E-state index >= 15 is 0 Å². The molecule has 2 rings (SSSR count). The Hall–Kier alpha value is -1.76. The zero-order chi connectivity index (χ0) is 14.6. The third kappa shape index (κ3) is 2.87. The van der Waals surface area contributed by atoms with E-state index in [1.807, 2.05) is 18.2 Å². The summed E-state index contributed by atoms with van der Waals surface area (Å²) >= 11 is 0. The highest BCUT2D eigenvalue weighted by Crippen LogP contribution is 2.43. The Bertz CT molecular complexity index is 517. The van der Waals surface area contributed by atoms with Crippen molar-refractivity contribution in [1.29, 1.82) is 0 Å². The second-order valence-electron chi connectivity index (χ2n) is 5.05. The molecule has 0 bridgehead atoms. The van der Waals surface area contributed by atoms with Gasteiger partial charge >= 0.3 is 5.97 Å². The summed E-state index contributed by atoms with van der Waals surface area (Å²) in [4.78, 5) is 0. The maximum atomic E-state index is 5.97. The molecule has 0 radical (unpaired) electrons. The van der Waals surface area contributed by atoms with E-state index in [1.54, 1.807) is 6.92 Å². The fourth-order valence-electron chi connectivity index (χ4n) is 2.40. The van der Waals surface area contributed by atoms with Gasteiger partial charge < -0.3 is 14.2 Å². The Kier molecular flexibility index (Phi) is 4.17. The van der Waals surface area contributed by atoms with Gasteiger partial charge in [-0.2, -0.15) is 0 Å². The molecule has 1 aromatic rings. The molecule has 1 aliphatic heterocycles. The molecule has 1 aliphatic rings. The minimum absolute atomic E-state index is 0.414. The first-order valence-corrected chi connectivity index (χ1v) is 6.65. The average molecular weight is 272 g/mol. The number of benzene rings is 1. The average Bonchev–Trinajstić information content (AvgIpc) is 2.71. The molecule has 1 fully saturated rings. The van der Waals surface area contributed by atoms with Crippen LogP contribution in [0.5, 0.6) is 0 Å². The summed E-state index contributed by atoms with van der Waals surface area (Å²) in [6.45, 7) is 5.68. The Morgan fingerprint density at radius 3 is 2.60 bits per heavy atom. The molecule has 1 heterocycles. The fraction of sp³-hybridized carbons (Fsp3) is 0.412. The molecule has 106 valence electrons. The van der Waals surface area contributed by atoms with E-state index in [0.29, 0.717) is 18.6 Å². The number of rotatable bonds is 5. The second kappa shape index (κ2) is 5.70. The first kappa shape index (κ1) is 14.6. The number of terminal acetylenes is 1. The maximum Gasteiger partial charge on any atom is 0.324 e. The normalized spacial score (nSPS) is 28.9. The van der Waals surface area contributed by atoms with Gasteiger partial charge in [-0.3, -0.25) is 0 Å². The van der Waals surface area contributed by atoms with Gasteiger partial charge in [0.25, 0.3) is 0 Å². The number of hydrogen-bond donors (Lipinski definition) is 0. The second-order valence-corrected chi connectivity index (χ2v) is 5.05. The lowest BCUT2D eigenvalue weighted by Crippen LogP contribution is -2.36. The van der Waals surface area contributed by atoms with Crippen molar-refractivity contribution >= 4 is 0 Å². The largest absolute Gasteiger partial charge is 0.441 e. The van der Waals surface area contributed by atoms with Crippen LogP contribution in [-0.2, 0) is 20.6 Å². The highest BCUT2D eigenvalue weighted by Gasteiger charge is 2.51. The summed E-state index contributed by atoms with van der Waals surface area (Å²) in [7, 11) is 1.54. The highest BCUT2D eigenvalue weighted by molar-refractivity contribution is 5.20. The SMILES string of the molecule is C#CCC1(CCc2ccccc2)OC(C)(OC)OC1=C. The Labute approximate surface area is 120 Å². The molecule has 3 nitrogen and oxygen atoms in total. The van der Waals surface area contributed by atoms with Crippen LogP contribution in [0.4, 0.5) is 0 Å².